The third-order valence-corrected chi connectivity index (χ3v) is 7.62. The number of hydrogen-bond acceptors (Lipinski definition) is 8. The Morgan fingerprint density at radius 1 is 1.16 bits per heavy atom. The van der Waals surface area contributed by atoms with Gasteiger partial charge in [0.05, 0.1) is 17.7 Å². The van der Waals surface area contributed by atoms with Crippen LogP contribution >= 0.6 is 23.1 Å². The first-order valence-corrected chi connectivity index (χ1v) is 12.2. The van der Waals surface area contributed by atoms with Crippen molar-refractivity contribution in [1.82, 2.24) is 19.2 Å². The molecule has 10 heteroatoms. The molecule has 5 rings (SSSR count). The van der Waals surface area contributed by atoms with E-state index < -0.39 is 5.91 Å². The zero-order valence-corrected chi connectivity index (χ0v) is 19.0. The van der Waals surface area contributed by atoms with Crippen LogP contribution < -0.4 is 5.56 Å². The maximum atomic E-state index is 13.6. The molecule has 1 aliphatic rings. The fraction of sp³-hybridized carbons (Fsp3) is 0.318. The minimum Gasteiger partial charge on any atom is -0.465 e. The molecule has 0 spiro atoms. The number of thioether (sulfide) groups is 1. The van der Waals surface area contributed by atoms with E-state index in [0.29, 0.717) is 22.7 Å². The van der Waals surface area contributed by atoms with Crippen molar-refractivity contribution in [3.8, 4) is 0 Å². The zero-order valence-electron chi connectivity index (χ0n) is 17.4. The van der Waals surface area contributed by atoms with Gasteiger partial charge in [-0.1, -0.05) is 30.0 Å². The Labute approximate surface area is 191 Å². The number of nitrogens with zero attached hydrogens (tertiary/aromatic N) is 4. The summed E-state index contributed by atoms with van der Waals surface area (Å²) in [5.41, 5.74) is 1.05. The van der Waals surface area contributed by atoms with Crippen LogP contribution in [0.15, 0.2) is 40.3 Å². The van der Waals surface area contributed by atoms with Crippen molar-refractivity contribution in [1.29, 1.82) is 0 Å². The molecule has 0 amide bonds. The van der Waals surface area contributed by atoms with Gasteiger partial charge >= 0.3 is 5.97 Å². The molecule has 0 N–H and O–H groups in total. The number of aromatic nitrogens is 4. The molecule has 0 atom stereocenters. The summed E-state index contributed by atoms with van der Waals surface area (Å²) >= 11 is 2.73. The van der Waals surface area contributed by atoms with Crippen molar-refractivity contribution >= 4 is 51.0 Å². The van der Waals surface area contributed by atoms with E-state index in [-0.39, 0.29) is 23.1 Å². The largest absolute Gasteiger partial charge is 0.465 e. The SMILES string of the molecule is CCOC(=O)CSc1nnc2n(C(=O)c3ccccc3)c(=O)c3c4c(sc3n12)CCCC4. The van der Waals surface area contributed by atoms with Gasteiger partial charge in [-0.15, -0.1) is 21.5 Å². The van der Waals surface area contributed by atoms with Gasteiger partial charge in [0, 0.05) is 10.4 Å². The van der Waals surface area contributed by atoms with Gasteiger partial charge in [0.1, 0.15) is 4.83 Å². The molecule has 1 aliphatic carbocycles. The number of thiophene rings is 1. The Morgan fingerprint density at radius 3 is 2.72 bits per heavy atom. The van der Waals surface area contributed by atoms with Crippen LogP contribution in [0.25, 0.3) is 16.0 Å². The molecular weight excluding hydrogens is 448 g/mol. The second-order valence-corrected chi connectivity index (χ2v) is 9.44. The van der Waals surface area contributed by atoms with E-state index >= 15 is 0 Å². The minimum absolute atomic E-state index is 0.0625. The van der Waals surface area contributed by atoms with Crippen LogP contribution in [0.5, 0.6) is 0 Å². The lowest BCUT2D eigenvalue weighted by atomic mass is 9.97. The lowest BCUT2D eigenvalue weighted by molar-refractivity contribution is -0.139. The van der Waals surface area contributed by atoms with Crippen molar-refractivity contribution in [3.05, 3.63) is 56.7 Å². The van der Waals surface area contributed by atoms with Crippen molar-refractivity contribution in [2.75, 3.05) is 12.4 Å². The van der Waals surface area contributed by atoms with E-state index in [0.717, 1.165) is 40.6 Å². The maximum absolute atomic E-state index is 13.6. The van der Waals surface area contributed by atoms with Gasteiger partial charge in [0.15, 0.2) is 5.16 Å². The van der Waals surface area contributed by atoms with Gasteiger partial charge in [0.2, 0.25) is 5.78 Å². The molecule has 4 aromatic rings. The van der Waals surface area contributed by atoms with Crippen molar-refractivity contribution in [2.45, 2.75) is 37.8 Å². The summed E-state index contributed by atoms with van der Waals surface area (Å²) in [5, 5.41) is 9.42. The van der Waals surface area contributed by atoms with E-state index in [1.807, 2.05) is 6.07 Å². The summed E-state index contributed by atoms with van der Waals surface area (Å²) < 4.78 is 7.87. The van der Waals surface area contributed by atoms with E-state index in [2.05, 4.69) is 10.2 Å². The molecule has 0 radical (unpaired) electrons. The van der Waals surface area contributed by atoms with E-state index in [9.17, 15) is 14.4 Å². The Balaban J connectivity index is 1.76. The van der Waals surface area contributed by atoms with Gasteiger partial charge < -0.3 is 4.74 Å². The Morgan fingerprint density at radius 2 is 1.94 bits per heavy atom. The number of esters is 1. The van der Waals surface area contributed by atoms with Crippen LogP contribution in [0.4, 0.5) is 0 Å². The fourth-order valence-electron chi connectivity index (χ4n) is 4.03. The van der Waals surface area contributed by atoms with Gasteiger partial charge in [0.25, 0.3) is 11.5 Å². The van der Waals surface area contributed by atoms with Crippen molar-refractivity contribution in [2.24, 2.45) is 0 Å². The summed E-state index contributed by atoms with van der Waals surface area (Å²) in [6.45, 7) is 2.05. The predicted molar refractivity (Wildman–Crippen MR) is 123 cm³/mol. The number of fused-ring (bicyclic) bond motifs is 5. The third-order valence-electron chi connectivity index (χ3n) is 5.44. The number of rotatable bonds is 5. The smallest absolute Gasteiger partial charge is 0.316 e. The molecule has 164 valence electrons. The van der Waals surface area contributed by atoms with Crippen LogP contribution in [0.3, 0.4) is 0 Å². The molecule has 0 saturated carbocycles. The lowest BCUT2D eigenvalue weighted by Crippen LogP contribution is -2.30. The fourth-order valence-corrected chi connectivity index (χ4v) is 6.20. The second kappa shape index (κ2) is 8.51. The van der Waals surface area contributed by atoms with Crippen molar-refractivity contribution < 1.29 is 14.3 Å². The summed E-state index contributed by atoms with van der Waals surface area (Å²) in [6.07, 6.45) is 3.81. The Bertz CT molecular complexity index is 1400. The lowest BCUT2D eigenvalue weighted by Gasteiger charge is -2.11. The van der Waals surface area contributed by atoms with E-state index in [4.69, 9.17) is 4.74 Å². The molecular formula is C22H20N4O4S2. The monoisotopic (exact) mass is 468 g/mol. The summed E-state index contributed by atoms with van der Waals surface area (Å²) in [6, 6.07) is 8.67. The van der Waals surface area contributed by atoms with Gasteiger partial charge in [-0.2, -0.15) is 0 Å². The number of carbonyl (C=O) groups is 2. The molecule has 8 nitrogen and oxygen atoms in total. The highest BCUT2D eigenvalue weighted by molar-refractivity contribution is 7.99. The van der Waals surface area contributed by atoms with Gasteiger partial charge in [-0.3, -0.25) is 14.4 Å². The highest BCUT2D eigenvalue weighted by Crippen LogP contribution is 2.36. The van der Waals surface area contributed by atoms with Gasteiger partial charge in [-0.25, -0.2) is 8.97 Å². The topological polar surface area (TPSA) is 95.6 Å². The number of ether oxygens (including phenoxy) is 1. The number of carbonyl (C=O) groups excluding carboxylic acids is 2. The van der Waals surface area contributed by atoms with Gasteiger partial charge in [-0.05, 0) is 50.3 Å². The number of hydrogen-bond donors (Lipinski definition) is 0. The van der Waals surface area contributed by atoms with Crippen molar-refractivity contribution in [3.63, 3.8) is 0 Å². The highest BCUT2D eigenvalue weighted by Gasteiger charge is 2.27. The standard InChI is InChI=1S/C22H20N4O4S2/c1-2-30-16(27)12-31-22-24-23-21-25(18(28)13-8-4-3-5-9-13)19(29)17-14-10-6-7-11-15(14)32-20(17)26(21)22/h3-5,8-9H,2,6-7,10-12H2,1H3. The minimum atomic E-state index is -0.451. The summed E-state index contributed by atoms with van der Waals surface area (Å²) in [4.78, 5) is 40.8. The molecule has 3 heterocycles. The first-order chi connectivity index (χ1) is 15.6. The van der Waals surface area contributed by atoms with Crippen LogP contribution in [-0.2, 0) is 22.4 Å². The Kier molecular flexibility index (Phi) is 5.56. The first kappa shape index (κ1) is 20.9. The van der Waals surface area contributed by atoms with Crippen LogP contribution in [0.1, 0.15) is 40.6 Å². The summed E-state index contributed by atoms with van der Waals surface area (Å²) in [7, 11) is 0. The Hall–Kier alpha value is -2.98. The van der Waals surface area contributed by atoms with Crippen LogP contribution in [-0.4, -0.2) is 43.4 Å². The van der Waals surface area contributed by atoms with Crippen LogP contribution in [0.2, 0.25) is 0 Å². The number of benzene rings is 1. The zero-order chi connectivity index (χ0) is 22.2. The maximum Gasteiger partial charge on any atom is 0.316 e. The average Bonchev–Trinajstić information content (AvgIpc) is 3.40. The summed E-state index contributed by atoms with van der Waals surface area (Å²) in [5.74, 6) is -0.592. The molecule has 0 saturated heterocycles. The molecule has 32 heavy (non-hydrogen) atoms. The van der Waals surface area contributed by atoms with E-state index in [1.165, 1.54) is 16.6 Å². The third kappa shape index (κ3) is 3.43. The van der Waals surface area contributed by atoms with Crippen LogP contribution in [0, 0.1) is 0 Å². The normalized spacial score (nSPS) is 13.4. The molecule has 1 aromatic carbocycles. The van der Waals surface area contributed by atoms with E-state index in [1.54, 1.807) is 46.9 Å². The predicted octanol–water partition coefficient (Wildman–Crippen LogP) is 3.33. The first-order valence-electron chi connectivity index (χ1n) is 10.4. The molecule has 0 bridgehead atoms. The molecule has 0 fully saturated rings. The molecule has 0 unspecified atom stereocenters. The average molecular weight is 469 g/mol. The molecule has 3 aromatic heterocycles. The highest BCUT2D eigenvalue weighted by atomic mass is 32.2. The number of aryl methyl sites for hydroxylation is 2. The quantitative estimate of drug-likeness (QED) is 0.327. The second-order valence-electron chi connectivity index (χ2n) is 7.41. The molecule has 0 aliphatic heterocycles.